The van der Waals surface area contributed by atoms with E-state index in [0.29, 0.717) is 19.4 Å². The predicted octanol–water partition coefficient (Wildman–Crippen LogP) is 2.67. The van der Waals surface area contributed by atoms with Gasteiger partial charge in [0, 0.05) is 13.1 Å². The van der Waals surface area contributed by atoms with Gasteiger partial charge in [0.15, 0.2) is 0 Å². The maximum Gasteiger partial charge on any atom is 0.408 e. The number of amides is 3. The van der Waals surface area contributed by atoms with Crippen LogP contribution in [0, 0.1) is 11.8 Å². The summed E-state index contributed by atoms with van der Waals surface area (Å²) in [6.45, 7) is 20.4. The highest BCUT2D eigenvalue weighted by Gasteiger charge is 2.30. The van der Waals surface area contributed by atoms with Gasteiger partial charge in [-0.05, 0) is 58.5 Å². The number of nitrogens with one attached hydrogen (secondary N) is 3. The third-order valence-electron chi connectivity index (χ3n) is 5.27. The lowest BCUT2D eigenvalue weighted by Gasteiger charge is -2.29. The first-order valence-corrected chi connectivity index (χ1v) is 12.6. The Morgan fingerprint density at radius 2 is 1.50 bits per heavy atom. The molecule has 0 aromatic rings. The van der Waals surface area contributed by atoms with E-state index >= 15 is 0 Å². The van der Waals surface area contributed by atoms with Gasteiger partial charge in [-0.15, -0.1) is 0 Å². The van der Waals surface area contributed by atoms with Gasteiger partial charge in [0.1, 0.15) is 11.6 Å². The van der Waals surface area contributed by atoms with Crippen LogP contribution in [-0.4, -0.2) is 77.9 Å². The molecule has 0 rings (SSSR count). The van der Waals surface area contributed by atoms with Crippen molar-refractivity contribution in [3.8, 4) is 0 Å². The Bertz CT molecular complexity index is 615. The number of hydrogen-bond donors (Lipinski definition) is 4. The van der Waals surface area contributed by atoms with Crippen LogP contribution in [-0.2, 0) is 14.3 Å². The summed E-state index contributed by atoms with van der Waals surface area (Å²) in [7, 11) is 0. The summed E-state index contributed by atoms with van der Waals surface area (Å²) in [6.07, 6.45) is -0.894. The van der Waals surface area contributed by atoms with Crippen molar-refractivity contribution in [2.24, 2.45) is 11.8 Å². The Kier molecular flexibility index (Phi) is 15.0. The molecule has 0 saturated carbocycles. The zero-order valence-corrected chi connectivity index (χ0v) is 22.9. The molecule has 0 aromatic carbocycles. The van der Waals surface area contributed by atoms with E-state index in [1.54, 1.807) is 20.8 Å². The zero-order chi connectivity index (χ0) is 26.5. The molecule has 9 nitrogen and oxygen atoms in total. The smallest absolute Gasteiger partial charge is 0.408 e. The van der Waals surface area contributed by atoms with Crippen LogP contribution in [0.15, 0.2) is 0 Å². The topological polar surface area (TPSA) is 120 Å². The van der Waals surface area contributed by atoms with Gasteiger partial charge in [-0.3, -0.25) is 9.59 Å². The quantitative estimate of drug-likeness (QED) is 0.282. The molecule has 0 spiro atoms. The van der Waals surface area contributed by atoms with Gasteiger partial charge in [0.2, 0.25) is 11.8 Å². The number of hydrogen-bond acceptors (Lipinski definition) is 6. The van der Waals surface area contributed by atoms with E-state index in [9.17, 15) is 19.5 Å². The van der Waals surface area contributed by atoms with Crippen molar-refractivity contribution in [1.29, 1.82) is 0 Å². The van der Waals surface area contributed by atoms with Gasteiger partial charge in [0.25, 0.3) is 0 Å². The molecule has 4 N–H and O–H groups in total. The first-order chi connectivity index (χ1) is 15.7. The van der Waals surface area contributed by atoms with Crippen molar-refractivity contribution in [3.63, 3.8) is 0 Å². The molecule has 3 atom stereocenters. The summed E-state index contributed by atoms with van der Waals surface area (Å²) in [5.41, 5.74) is -0.683. The number of aliphatic hydroxyl groups excluding tert-OH is 1. The highest BCUT2D eigenvalue weighted by atomic mass is 16.6. The van der Waals surface area contributed by atoms with Crippen LogP contribution >= 0.6 is 0 Å². The standard InChI is InChI=1S/C25H50N4O5/c1-10-29(11-2)13-12-26-22(31)16-21(30)19(14-17(3)4)27-23(32)20(15-18(5)6)28-24(33)34-25(7,8)9/h17-21,30H,10-16H2,1-9H3,(H,26,31)(H,27,32)(H,28,33)/t19-,20-,21-/m0/s1. The lowest BCUT2D eigenvalue weighted by atomic mass is 9.96. The third kappa shape index (κ3) is 15.1. The number of ether oxygens (including phenoxy) is 1. The molecule has 0 aliphatic heterocycles. The molecular formula is C25H50N4O5. The molecule has 9 heteroatoms. The van der Waals surface area contributed by atoms with Crippen LogP contribution in [0.25, 0.3) is 0 Å². The molecular weight excluding hydrogens is 436 g/mol. The first-order valence-electron chi connectivity index (χ1n) is 12.6. The van der Waals surface area contributed by atoms with Crippen molar-refractivity contribution in [1.82, 2.24) is 20.9 Å². The van der Waals surface area contributed by atoms with Crippen molar-refractivity contribution in [2.45, 2.75) is 105 Å². The van der Waals surface area contributed by atoms with Gasteiger partial charge in [-0.25, -0.2) is 4.79 Å². The Balaban J connectivity index is 5.14. The number of alkyl carbamates (subject to hydrolysis) is 1. The average molecular weight is 487 g/mol. The minimum Gasteiger partial charge on any atom is -0.444 e. The van der Waals surface area contributed by atoms with E-state index in [-0.39, 0.29) is 24.2 Å². The summed E-state index contributed by atoms with van der Waals surface area (Å²) in [4.78, 5) is 39.9. The monoisotopic (exact) mass is 486 g/mol. The van der Waals surface area contributed by atoms with Gasteiger partial charge < -0.3 is 30.7 Å². The van der Waals surface area contributed by atoms with Crippen molar-refractivity contribution >= 4 is 17.9 Å². The van der Waals surface area contributed by atoms with E-state index in [2.05, 4.69) is 34.7 Å². The second kappa shape index (κ2) is 15.9. The lowest BCUT2D eigenvalue weighted by Crippen LogP contribution is -2.54. The second-order valence-corrected chi connectivity index (χ2v) is 10.7. The summed E-state index contributed by atoms with van der Waals surface area (Å²) in [5.74, 6) is -0.316. The number of nitrogens with zero attached hydrogens (tertiary/aromatic N) is 1. The van der Waals surface area contributed by atoms with Crippen LogP contribution in [0.3, 0.4) is 0 Å². The minimum absolute atomic E-state index is 0.107. The molecule has 0 unspecified atom stereocenters. The predicted molar refractivity (Wildman–Crippen MR) is 135 cm³/mol. The van der Waals surface area contributed by atoms with Crippen LogP contribution in [0.5, 0.6) is 0 Å². The number of rotatable bonds is 15. The van der Waals surface area contributed by atoms with Crippen LogP contribution in [0.4, 0.5) is 4.79 Å². The van der Waals surface area contributed by atoms with E-state index in [4.69, 9.17) is 4.74 Å². The molecule has 200 valence electrons. The van der Waals surface area contributed by atoms with Gasteiger partial charge >= 0.3 is 6.09 Å². The summed E-state index contributed by atoms with van der Waals surface area (Å²) >= 11 is 0. The molecule has 0 fully saturated rings. The summed E-state index contributed by atoms with van der Waals surface area (Å²) in [5, 5.41) is 19.1. The largest absolute Gasteiger partial charge is 0.444 e. The molecule has 0 aromatic heterocycles. The van der Waals surface area contributed by atoms with E-state index < -0.39 is 35.8 Å². The normalized spacial score (nSPS) is 14.6. The third-order valence-corrected chi connectivity index (χ3v) is 5.27. The van der Waals surface area contributed by atoms with Gasteiger partial charge in [-0.1, -0.05) is 41.5 Å². The molecule has 0 radical (unpaired) electrons. The average Bonchev–Trinajstić information content (AvgIpc) is 2.68. The van der Waals surface area contributed by atoms with Crippen molar-refractivity contribution < 1.29 is 24.2 Å². The van der Waals surface area contributed by atoms with Crippen LogP contribution in [0.1, 0.15) is 81.6 Å². The Labute approximate surface area is 206 Å². The Hall–Kier alpha value is -1.87. The fourth-order valence-electron chi connectivity index (χ4n) is 3.55. The molecule has 0 saturated heterocycles. The number of aliphatic hydroxyl groups is 1. The van der Waals surface area contributed by atoms with Crippen molar-refractivity contribution in [3.05, 3.63) is 0 Å². The van der Waals surface area contributed by atoms with Gasteiger partial charge in [0.05, 0.1) is 18.6 Å². The summed E-state index contributed by atoms with van der Waals surface area (Å²) < 4.78 is 5.30. The Morgan fingerprint density at radius 3 is 1.97 bits per heavy atom. The van der Waals surface area contributed by atoms with Crippen LogP contribution in [0.2, 0.25) is 0 Å². The molecule has 0 aliphatic carbocycles. The summed E-state index contributed by atoms with van der Waals surface area (Å²) in [6, 6.07) is -1.42. The Morgan fingerprint density at radius 1 is 0.941 bits per heavy atom. The molecule has 0 aliphatic rings. The molecule has 0 heterocycles. The van der Waals surface area contributed by atoms with Gasteiger partial charge in [-0.2, -0.15) is 0 Å². The maximum atomic E-state index is 13.1. The number of carbonyl (C=O) groups is 3. The molecule has 3 amide bonds. The fraction of sp³-hybridized carbons (Fsp3) is 0.880. The van der Waals surface area contributed by atoms with E-state index in [0.717, 1.165) is 19.6 Å². The molecule has 0 bridgehead atoms. The molecule has 34 heavy (non-hydrogen) atoms. The zero-order valence-electron chi connectivity index (χ0n) is 22.9. The second-order valence-electron chi connectivity index (χ2n) is 10.7. The highest BCUT2D eigenvalue weighted by molar-refractivity contribution is 5.86. The SMILES string of the molecule is CCN(CC)CCNC(=O)C[C@H](O)[C@H](CC(C)C)NC(=O)[C@H](CC(C)C)NC(=O)OC(C)(C)C. The lowest BCUT2D eigenvalue weighted by molar-refractivity contribution is -0.128. The fourth-order valence-corrected chi connectivity index (χ4v) is 3.55. The van der Waals surface area contributed by atoms with Crippen molar-refractivity contribution in [2.75, 3.05) is 26.2 Å². The number of carbonyl (C=O) groups excluding carboxylic acids is 3. The first kappa shape index (κ1) is 32.1. The number of likely N-dealkylation sites (N-methyl/N-ethyl adjacent to an activating group) is 1. The minimum atomic E-state index is -1.04. The van der Waals surface area contributed by atoms with E-state index in [1.807, 2.05) is 27.7 Å². The van der Waals surface area contributed by atoms with Crippen LogP contribution < -0.4 is 16.0 Å². The highest BCUT2D eigenvalue weighted by Crippen LogP contribution is 2.14. The maximum absolute atomic E-state index is 13.1. The van der Waals surface area contributed by atoms with E-state index in [1.165, 1.54) is 0 Å².